The van der Waals surface area contributed by atoms with Crippen molar-refractivity contribution in [2.45, 2.75) is 39.3 Å². The number of aryl methyl sites for hydroxylation is 1. The highest BCUT2D eigenvalue weighted by molar-refractivity contribution is 5.90. The van der Waals surface area contributed by atoms with Crippen LogP contribution in [0.2, 0.25) is 0 Å². The Morgan fingerprint density at radius 3 is 2.18 bits per heavy atom. The third-order valence-corrected chi connectivity index (χ3v) is 5.78. The Morgan fingerprint density at radius 1 is 0.970 bits per heavy atom. The predicted octanol–water partition coefficient (Wildman–Crippen LogP) is 5.67. The molecule has 1 heterocycles. The summed E-state index contributed by atoms with van der Waals surface area (Å²) in [5.41, 5.74) is 4.72. The van der Waals surface area contributed by atoms with E-state index >= 15 is 0 Å². The first kappa shape index (κ1) is 20.9. The van der Waals surface area contributed by atoms with Crippen LogP contribution in [-0.4, -0.2) is 21.2 Å². The number of hydrogen-bond acceptors (Lipinski definition) is 4. The monoisotopic (exact) mass is 439 g/mol. The molecule has 1 aromatic heterocycles. The van der Waals surface area contributed by atoms with E-state index < -0.39 is 11.7 Å². The van der Waals surface area contributed by atoms with Crippen LogP contribution in [0.3, 0.4) is 0 Å². The summed E-state index contributed by atoms with van der Waals surface area (Å²) in [6.45, 7) is 7.26. The van der Waals surface area contributed by atoms with Crippen molar-refractivity contribution in [3.63, 3.8) is 0 Å². The number of aromatic nitrogens is 2. The fourth-order valence-corrected chi connectivity index (χ4v) is 4.52. The minimum atomic E-state index is -0.616. The predicted molar refractivity (Wildman–Crippen MR) is 130 cm³/mol. The first-order valence-electron chi connectivity index (χ1n) is 10.9. The zero-order valence-electron chi connectivity index (χ0n) is 19.0. The summed E-state index contributed by atoms with van der Waals surface area (Å²) >= 11 is 0. The number of ether oxygens (including phenoxy) is 1. The highest BCUT2D eigenvalue weighted by Gasteiger charge is 2.31. The normalized spacial score (nSPS) is 13.0. The summed E-state index contributed by atoms with van der Waals surface area (Å²) in [6.07, 6.45) is -0.569. The maximum atomic E-state index is 13.8. The largest absolute Gasteiger partial charge is 0.444 e. The van der Waals surface area contributed by atoms with Crippen molar-refractivity contribution in [1.29, 1.82) is 0 Å². The highest BCUT2D eigenvalue weighted by Crippen LogP contribution is 2.45. The Bertz CT molecular complexity index is 1420. The average molecular weight is 440 g/mol. The van der Waals surface area contributed by atoms with Gasteiger partial charge in [-0.3, -0.25) is 14.7 Å². The van der Waals surface area contributed by atoms with Crippen LogP contribution >= 0.6 is 0 Å². The van der Waals surface area contributed by atoms with E-state index in [1.54, 1.807) is 43.5 Å². The van der Waals surface area contributed by atoms with Gasteiger partial charge in [0.15, 0.2) is 0 Å². The van der Waals surface area contributed by atoms with Crippen LogP contribution in [0.5, 0.6) is 0 Å². The van der Waals surface area contributed by atoms with E-state index in [0.29, 0.717) is 22.4 Å². The Hall–Kier alpha value is -3.93. The Kier molecular flexibility index (Phi) is 4.81. The number of nitrogens with zero attached hydrogens (tertiary/aromatic N) is 2. The molecule has 5 rings (SSSR count). The lowest BCUT2D eigenvalue weighted by Crippen LogP contribution is -2.29. The van der Waals surface area contributed by atoms with Gasteiger partial charge in [-0.05, 0) is 68.1 Å². The fourth-order valence-electron chi connectivity index (χ4n) is 4.52. The maximum absolute atomic E-state index is 13.8. The molecule has 1 N–H and O–H groups in total. The number of amides is 1. The van der Waals surface area contributed by atoms with Crippen LogP contribution in [0.1, 0.15) is 43.8 Å². The molecular weight excluding hydrogens is 414 g/mol. The molecule has 0 bridgehead atoms. The zero-order valence-corrected chi connectivity index (χ0v) is 19.0. The van der Waals surface area contributed by atoms with E-state index in [1.807, 2.05) is 31.2 Å². The van der Waals surface area contributed by atoms with E-state index in [1.165, 1.54) is 0 Å². The van der Waals surface area contributed by atoms with Crippen molar-refractivity contribution in [3.8, 4) is 11.1 Å². The summed E-state index contributed by atoms with van der Waals surface area (Å²) in [4.78, 5) is 30.7. The molecule has 6 nitrogen and oxygen atoms in total. The van der Waals surface area contributed by atoms with Crippen LogP contribution < -0.4 is 10.9 Å². The molecule has 0 aliphatic heterocycles. The molecule has 0 saturated heterocycles. The Labute approximate surface area is 191 Å². The molecule has 0 radical (unpaired) electrons. The van der Waals surface area contributed by atoms with Crippen molar-refractivity contribution in [1.82, 2.24) is 9.55 Å². The van der Waals surface area contributed by atoms with Gasteiger partial charge in [-0.2, -0.15) is 0 Å². The molecule has 33 heavy (non-hydrogen) atoms. The second kappa shape index (κ2) is 7.59. The van der Waals surface area contributed by atoms with Gasteiger partial charge < -0.3 is 4.74 Å². The highest BCUT2D eigenvalue weighted by atomic mass is 16.6. The molecule has 0 spiro atoms. The van der Waals surface area contributed by atoms with E-state index in [2.05, 4.69) is 29.6 Å². The van der Waals surface area contributed by atoms with Gasteiger partial charge in [0, 0.05) is 5.69 Å². The summed E-state index contributed by atoms with van der Waals surface area (Å²) < 4.78 is 7.09. The number of carbonyl (C=O) groups excluding carboxylic acids is 1. The second-order valence-electron chi connectivity index (χ2n) is 9.27. The molecule has 1 aliphatic carbocycles. The minimum absolute atomic E-state index is 0.151. The number of fused-ring (bicyclic) bond motifs is 4. The first-order valence-corrected chi connectivity index (χ1v) is 10.9. The molecular formula is C27H25N3O3. The maximum Gasteiger partial charge on any atom is 0.412 e. The van der Waals surface area contributed by atoms with Crippen molar-refractivity contribution >= 4 is 22.7 Å². The molecule has 6 heteroatoms. The van der Waals surface area contributed by atoms with Gasteiger partial charge in [-0.25, -0.2) is 9.78 Å². The standard InChI is InChI=1S/C27H25N3O3/c1-16-28-23-14-13-17(29-26(32)33-27(2,3)4)15-22(23)25(31)30(16)24-20-11-7-5-9-18(20)19-10-6-8-12-21(19)24/h5-15,24H,1-4H3,(H,29,32). The number of rotatable bonds is 2. The molecule has 1 aliphatic rings. The molecule has 3 aromatic carbocycles. The van der Waals surface area contributed by atoms with E-state index in [0.717, 1.165) is 22.3 Å². The molecule has 4 aromatic rings. The van der Waals surface area contributed by atoms with Crippen LogP contribution in [0.15, 0.2) is 71.5 Å². The third-order valence-electron chi connectivity index (χ3n) is 5.78. The van der Waals surface area contributed by atoms with Gasteiger partial charge in [0.1, 0.15) is 11.4 Å². The van der Waals surface area contributed by atoms with Crippen LogP contribution in [0.25, 0.3) is 22.0 Å². The molecule has 0 atom stereocenters. The lowest BCUT2D eigenvalue weighted by molar-refractivity contribution is 0.0636. The average Bonchev–Trinajstić information content (AvgIpc) is 3.08. The summed E-state index contributed by atoms with van der Waals surface area (Å²) in [6, 6.07) is 21.2. The number of carbonyl (C=O) groups is 1. The van der Waals surface area contributed by atoms with Gasteiger partial charge >= 0.3 is 6.09 Å². The first-order chi connectivity index (χ1) is 15.7. The van der Waals surface area contributed by atoms with Crippen molar-refractivity contribution in [2.24, 2.45) is 0 Å². The third kappa shape index (κ3) is 3.67. The molecule has 0 unspecified atom stereocenters. The smallest absolute Gasteiger partial charge is 0.412 e. The molecule has 0 fully saturated rings. The SMILES string of the molecule is Cc1nc2ccc(NC(=O)OC(C)(C)C)cc2c(=O)n1C1c2ccccc2-c2ccccc21. The van der Waals surface area contributed by atoms with Crippen molar-refractivity contribution in [3.05, 3.63) is 94.0 Å². The Balaban J connectivity index is 1.64. The number of benzene rings is 3. The van der Waals surface area contributed by atoms with Crippen LogP contribution in [0, 0.1) is 6.92 Å². The van der Waals surface area contributed by atoms with Gasteiger partial charge in [0.25, 0.3) is 5.56 Å². The molecule has 166 valence electrons. The van der Waals surface area contributed by atoms with Crippen molar-refractivity contribution < 1.29 is 9.53 Å². The van der Waals surface area contributed by atoms with E-state index in [-0.39, 0.29) is 11.6 Å². The number of anilines is 1. The van der Waals surface area contributed by atoms with E-state index in [9.17, 15) is 9.59 Å². The van der Waals surface area contributed by atoms with Gasteiger partial charge in [0.05, 0.1) is 16.9 Å². The lowest BCUT2D eigenvalue weighted by Gasteiger charge is -2.21. The summed E-state index contributed by atoms with van der Waals surface area (Å²) in [5, 5.41) is 3.16. The quantitative estimate of drug-likeness (QED) is 0.385. The van der Waals surface area contributed by atoms with Crippen LogP contribution in [-0.2, 0) is 4.74 Å². The van der Waals surface area contributed by atoms with Crippen LogP contribution in [0.4, 0.5) is 10.5 Å². The van der Waals surface area contributed by atoms with Gasteiger partial charge in [0.2, 0.25) is 0 Å². The zero-order chi connectivity index (χ0) is 23.3. The van der Waals surface area contributed by atoms with Gasteiger partial charge in [-0.1, -0.05) is 48.5 Å². The molecule has 1 amide bonds. The summed E-state index contributed by atoms with van der Waals surface area (Å²) in [7, 11) is 0. The molecule has 0 saturated carbocycles. The Morgan fingerprint density at radius 2 is 1.58 bits per heavy atom. The summed E-state index contributed by atoms with van der Waals surface area (Å²) in [5.74, 6) is 0.636. The fraction of sp³-hybridized carbons (Fsp3) is 0.222. The van der Waals surface area contributed by atoms with E-state index in [4.69, 9.17) is 9.72 Å². The second-order valence-corrected chi connectivity index (χ2v) is 9.27. The van der Waals surface area contributed by atoms with Crippen molar-refractivity contribution in [2.75, 3.05) is 5.32 Å². The number of nitrogens with one attached hydrogen (secondary N) is 1. The topological polar surface area (TPSA) is 73.2 Å². The van der Waals surface area contributed by atoms with Gasteiger partial charge in [-0.15, -0.1) is 0 Å². The minimum Gasteiger partial charge on any atom is -0.444 e. The lowest BCUT2D eigenvalue weighted by atomic mass is 10.0. The number of hydrogen-bond donors (Lipinski definition) is 1.